The topological polar surface area (TPSA) is 52.6 Å². The minimum absolute atomic E-state index is 0.0242. The van der Waals surface area contributed by atoms with Crippen LogP contribution in [0.2, 0.25) is 0 Å². The lowest BCUT2D eigenvalue weighted by atomic mass is 9.89. The minimum atomic E-state index is -0.667. The summed E-state index contributed by atoms with van der Waals surface area (Å²) in [5, 5.41) is 0. The zero-order valence-electron chi connectivity index (χ0n) is 22.0. The molecule has 0 N–H and O–H groups in total. The summed E-state index contributed by atoms with van der Waals surface area (Å²) in [6.45, 7) is 11.5. The predicted molar refractivity (Wildman–Crippen MR) is 143 cm³/mol. The average Bonchev–Trinajstić information content (AvgIpc) is 3.08. The molecule has 0 aromatic heterocycles. The molecule has 4 nitrogen and oxygen atoms in total. The molecule has 0 saturated carbocycles. The van der Waals surface area contributed by atoms with Crippen LogP contribution in [-0.2, 0) is 20.7 Å². The van der Waals surface area contributed by atoms with Gasteiger partial charge in [0.25, 0.3) is 0 Å². The second-order valence-electron chi connectivity index (χ2n) is 10.7. The summed E-state index contributed by atoms with van der Waals surface area (Å²) in [6.07, 6.45) is 0.932. The molecule has 0 heterocycles. The molecule has 36 heavy (non-hydrogen) atoms. The highest BCUT2D eigenvalue weighted by Crippen LogP contribution is 2.41. The number of rotatable bonds is 6. The molecule has 186 valence electrons. The molecule has 0 saturated heterocycles. The molecule has 1 aliphatic carbocycles. The van der Waals surface area contributed by atoms with Crippen molar-refractivity contribution >= 4 is 17.3 Å². The summed E-state index contributed by atoms with van der Waals surface area (Å²) < 4.78 is 11.9. The number of hydrogen-bond donors (Lipinski definition) is 0. The molecule has 0 spiro atoms. The second-order valence-corrected chi connectivity index (χ2v) is 10.7. The molecule has 0 bridgehead atoms. The number of hydrogen-bond acceptors (Lipinski definition) is 4. The van der Waals surface area contributed by atoms with E-state index in [1.165, 1.54) is 0 Å². The highest BCUT2D eigenvalue weighted by atomic mass is 16.5. The van der Waals surface area contributed by atoms with Crippen molar-refractivity contribution in [2.75, 3.05) is 0 Å². The maximum absolute atomic E-state index is 13.8. The first-order valence-corrected chi connectivity index (χ1v) is 12.4. The molecule has 3 aromatic carbocycles. The van der Waals surface area contributed by atoms with Crippen LogP contribution >= 0.6 is 0 Å². The average molecular weight is 483 g/mol. The summed E-state index contributed by atoms with van der Waals surface area (Å²) in [4.78, 5) is 26.7. The third-order valence-electron chi connectivity index (χ3n) is 6.44. The van der Waals surface area contributed by atoms with Crippen molar-refractivity contribution in [3.05, 3.63) is 100 Å². The molecule has 4 heteroatoms. The van der Waals surface area contributed by atoms with E-state index in [2.05, 4.69) is 12.1 Å². The number of aryl methyl sites for hydroxylation is 3. The quantitative estimate of drug-likeness (QED) is 0.341. The fourth-order valence-corrected chi connectivity index (χ4v) is 4.76. The Hall–Kier alpha value is -3.66. The first-order chi connectivity index (χ1) is 17.0. The van der Waals surface area contributed by atoms with Crippen molar-refractivity contribution < 1.29 is 19.1 Å². The van der Waals surface area contributed by atoms with Gasteiger partial charge in [-0.3, -0.25) is 9.59 Å². The smallest absolute Gasteiger partial charge is 0.316 e. The van der Waals surface area contributed by atoms with E-state index in [4.69, 9.17) is 9.47 Å². The van der Waals surface area contributed by atoms with Crippen molar-refractivity contribution in [3.8, 4) is 11.5 Å². The van der Waals surface area contributed by atoms with Gasteiger partial charge in [-0.15, -0.1) is 0 Å². The van der Waals surface area contributed by atoms with Gasteiger partial charge < -0.3 is 9.47 Å². The van der Waals surface area contributed by atoms with E-state index < -0.39 is 5.41 Å². The van der Waals surface area contributed by atoms with E-state index in [1.54, 1.807) is 0 Å². The van der Waals surface area contributed by atoms with E-state index in [1.807, 2.05) is 96.1 Å². The fourth-order valence-electron chi connectivity index (χ4n) is 4.76. The number of carbonyl (C=O) groups is 2. The summed E-state index contributed by atoms with van der Waals surface area (Å²) in [5.74, 6) is 1.35. The Morgan fingerprint density at radius 3 is 2.17 bits per heavy atom. The maximum Gasteiger partial charge on any atom is 0.316 e. The van der Waals surface area contributed by atoms with Crippen LogP contribution < -0.4 is 4.74 Å². The van der Waals surface area contributed by atoms with Crippen LogP contribution in [0.15, 0.2) is 72.5 Å². The van der Waals surface area contributed by atoms with Crippen molar-refractivity contribution in [1.29, 1.82) is 0 Å². The lowest BCUT2D eigenvalue weighted by Gasteiger charge is -2.18. The standard InChI is InChI=1S/C32H34O4/c1-20-15-21(2)28(22(3)16-20)29-27(36-31(34)32(4,5)6)19-24(30(29)33)17-23-11-10-14-26(18-23)35-25-12-8-7-9-13-25/h7-16,18,24H,17,19H2,1-6H3. The Morgan fingerprint density at radius 1 is 0.889 bits per heavy atom. The first kappa shape index (κ1) is 25.4. The van der Waals surface area contributed by atoms with Gasteiger partial charge in [0, 0.05) is 12.3 Å². The molecular formula is C32H34O4. The number of benzene rings is 3. The molecule has 1 atom stereocenters. The molecule has 0 amide bonds. The highest BCUT2D eigenvalue weighted by Gasteiger charge is 2.38. The third kappa shape index (κ3) is 5.59. The molecule has 0 fully saturated rings. The van der Waals surface area contributed by atoms with Crippen LogP contribution in [0.4, 0.5) is 0 Å². The van der Waals surface area contributed by atoms with Crippen molar-refractivity contribution in [2.24, 2.45) is 11.3 Å². The van der Waals surface area contributed by atoms with Crippen molar-refractivity contribution in [1.82, 2.24) is 0 Å². The Balaban J connectivity index is 1.64. The number of para-hydroxylation sites is 1. The molecule has 4 rings (SSSR count). The van der Waals surface area contributed by atoms with Gasteiger partial charge in [0.1, 0.15) is 17.3 Å². The van der Waals surface area contributed by atoms with Crippen LogP contribution in [0, 0.1) is 32.1 Å². The molecule has 0 radical (unpaired) electrons. The molecule has 0 aliphatic heterocycles. The largest absolute Gasteiger partial charge is 0.457 e. The van der Waals surface area contributed by atoms with E-state index in [-0.39, 0.29) is 17.7 Å². The lowest BCUT2D eigenvalue weighted by molar-refractivity contribution is -0.148. The second kappa shape index (κ2) is 10.1. The highest BCUT2D eigenvalue weighted by molar-refractivity contribution is 6.25. The zero-order chi connectivity index (χ0) is 26.0. The number of carbonyl (C=O) groups excluding carboxylic acids is 2. The Morgan fingerprint density at radius 2 is 1.53 bits per heavy atom. The van der Waals surface area contributed by atoms with E-state index in [0.29, 0.717) is 24.2 Å². The van der Waals surface area contributed by atoms with Crippen LogP contribution in [0.1, 0.15) is 55.0 Å². The number of Topliss-reactive ketones (excluding diaryl/α,β-unsaturated/α-hetero) is 1. The van der Waals surface area contributed by atoms with E-state index >= 15 is 0 Å². The van der Waals surface area contributed by atoms with Gasteiger partial charge >= 0.3 is 5.97 Å². The number of allylic oxidation sites excluding steroid dienone is 2. The van der Waals surface area contributed by atoms with Crippen LogP contribution in [0.5, 0.6) is 11.5 Å². The summed E-state index contributed by atoms with van der Waals surface area (Å²) >= 11 is 0. The Bertz CT molecular complexity index is 1300. The van der Waals surface area contributed by atoms with Crippen LogP contribution in [0.3, 0.4) is 0 Å². The van der Waals surface area contributed by atoms with Crippen molar-refractivity contribution in [2.45, 2.75) is 54.4 Å². The van der Waals surface area contributed by atoms with Crippen LogP contribution in [0.25, 0.3) is 5.57 Å². The zero-order valence-corrected chi connectivity index (χ0v) is 22.0. The number of ether oxygens (including phenoxy) is 2. The molecular weight excluding hydrogens is 448 g/mol. The van der Waals surface area contributed by atoms with Gasteiger partial charge in [-0.2, -0.15) is 0 Å². The van der Waals surface area contributed by atoms with Crippen molar-refractivity contribution in [3.63, 3.8) is 0 Å². The summed E-state index contributed by atoms with van der Waals surface area (Å²) in [5.41, 5.74) is 4.93. The maximum atomic E-state index is 13.8. The SMILES string of the molecule is Cc1cc(C)c(C2=C(OC(=O)C(C)(C)C)CC(Cc3cccc(Oc4ccccc4)c3)C2=O)c(C)c1. The van der Waals surface area contributed by atoms with Gasteiger partial charge in [-0.05, 0) is 94.5 Å². The van der Waals surface area contributed by atoms with Crippen LogP contribution in [-0.4, -0.2) is 11.8 Å². The van der Waals surface area contributed by atoms with Gasteiger partial charge in [0.2, 0.25) is 0 Å². The Kier molecular flexibility index (Phi) is 7.16. The first-order valence-electron chi connectivity index (χ1n) is 12.4. The fraction of sp³-hybridized carbons (Fsp3) is 0.312. The Labute approximate surface area is 214 Å². The summed E-state index contributed by atoms with van der Waals surface area (Å²) in [6, 6.07) is 21.6. The number of ketones is 1. The summed E-state index contributed by atoms with van der Waals surface area (Å²) in [7, 11) is 0. The molecule has 1 unspecified atom stereocenters. The van der Waals surface area contributed by atoms with E-state index in [0.717, 1.165) is 39.3 Å². The number of esters is 1. The van der Waals surface area contributed by atoms with Gasteiger partial charge in [0.15, 0.2) is 5.78 Å². The molecule has 3 aromatic rings. The molecule has 1 aliphatic rings. The van der Waals surface area contributed by atoms with Gasteiger partial charge in [-0.25, -0.2) is 0 Å². The third-order valence-corrected chi connectivity index (χ3v) is 6.44. The predicted octanol–water partition coefficient (Wildman–Crippen LogP) is 7.54. The van der Waals surface area contributed by atoms with Gasteiger partial charge in [-0.1, -0.05) is 48.0 Å². The van der Waals surface area contributed by atoms with Gasteiger partial charge in [0.05, 0.1) is 11.0 Å². The monoisotopic (exact) mass is 482 g/mol. The minimum Gasteiger partial charge on any atom is -0.457 e. The normalized spacial score (nSPS) is 15.8. The lowest BCUT2D eigenvalue weighted by Crippen LogP contribution is -2.22. The van der Waals surface area contributed by atoms with E-state index in [9.17, 15) is 9.59 Å².